The summed E-state index contributed by atoms with van der Waals surface area (Å²) >= 11 is 0. The van der Waals surface area contributed by atoms with Gasteiger partial charge in [0.2, 0.25) is 5.91 Å². The smallest absolute Gasteiger partial charge is 0.272 e. The van der Waals surface area contributed by atoms with E-state index in [1.54, 1.807) is 24.9 Å². The standard InChI is InChI=1S/C18H26N4O2/c1-12-8-16(20-13(2)19-12)18(24)21(3)10-14-9-17(23)22(11-14)15-6-4-5-7-15/h8,14-15H,4-7,9-11H2,1-3H3/t14-/m1/s1. The van der Waals surface area contributed by atoms with Gasteiger partial charge in [-0.05, 0) is 32.8 Å². The van der Waals surface area contributed by atoms with Crippen LogP contribution in [0, 0.1) is 19.8 Å². The number of amides is 2. The molecule has 1 aromatic heterocycles. The third kappa shape index (κ3) is 3.57. The monoisotopic (exact) mass is 330 g/mol. The Kier molecular flexibility index (Phi) is 4.83. The minimum absolute atomic E-state index is 0.102. The van der Waals surface area contributed by atoms with Gasteiger partial charge in [0.05, 0.1) is 0 Å². The van der Waals surface area contributed by atoms with Crippen LogP contribution in [-0.4, -0.2) is 57.8 Å². The molecule has 24 heavy (non-hydrogen) atoms. The molecule has 2 heterocycles. The third-order valence-electron chi connectivity index (χ3n) is 5.07. The van der Waals surface area contributed by atoms with Crippen molar-refractivity contribution >= 4 is 11.8 Å². The zero-order valence-corrected chi connectivity index (χ0v) is 14.8. The molecule has 130 valence electrons. The Hall–Kier alpha value is -1.98. The number of rotatable bonds is 4. The predicted octanol–water partition coefficient (Wildman–Crippen LogP) is 1.96. The van der Waals surface area contributed by atoms with Crippen LogP contribution in [0.2, 0.25) is 0 Å². The summed E-state index contributed by atoms with van der Waals surface area (Å²) in [7, 11) is 1.79. The molecule has 1 saturated heterocycles. The summed E-state index contributed by atoms with van der Waals surface area (Å²) in [5.41, 5.74) is 1.22. The van der Waals surface area contributed by atoms with Gasteiger partial charge in [-0.2, -0.15) is 0 Å². The largest absolute Gasteiger partial charge is 0.340 e. The van der Waals surface area contributed by atoms with E-state index in [0.717, 1.165) is 25.1 Å². The number of carbonyl (C=O) groups is 2. The molecule has 6 heteroatoms. The Bertz CT molecular complexity index is 620. The molecule has 0 unspecified atom stereocenters. The van der Waals surface area contributed by atoms with E-state index in [2.05, 4.69) is 14.9 Å². The van der Waals surface area contributed by atoms with E-state index in [4.69, 9.17) is 0 Å². The van der Waals surface area contributed by atoms with E-state index >= 15 is 0 Å². The van der Waals surface area contributed by atoms with Crippen LogP contribution in [-0.2, 0) is 4.79 Å². The Balaban J connectivity index is 1.61. The van der Waals surface area contributed by atoms with Gasteiger partial charge in [-0.3, -0.25) is 9.59 Å². The van der Waals surface area contributed by atoms with Crippen LogP contribution in [0.5, 0.6) is 0 Å². The summed E-state index contributed by atoms with van der Waals surface area (Å²) in [6.07, 6.45) is 5.27. The van der Waals surface area contributed by atoms with Crippen molar-refractivity contribution in [2.75, 3.05) is 20.1 Å². The Morgan fingerprint density at radius 2 is 2.00 bits per heavy atom. The van der Waals surface area contributed by atoms with E-state index in [1.165, 1.54) is 12.8 Å². The molecule has 2 amide bonds. The van der Waals surface area contributed by atoms with Crippen LogP contribution in [0.15, 0.2) is 6.07 Å². The number of hydrogen-bond donors (Lipinski definition) is 0. The lowest BCUT2D eigenvalue weighted by Gasteiger charge is -2.25. The van der Waals surface area contributed by atoms with E-state index in [9.17, 15) is 9.59 Å². The predicted molar refractivity (Wildman–Crippen MR) is 90.5 cm³/mol. The molecule has 0 bridgehead atoms. The van der Waals surface area contributed by atoms with Crippen molar-refractivity contribution in [1.29, 1.82) is 0 Å². The van der Waals surface area contributed by atoms with E-state index in [-0.39, 0.29) is 17.7 Å². The molecule has 1 atom stereocenters. The van der Waals surface area contributed by atoms with Crippen LogP contribution in [0.4, 0.5) is 0 Å². The fraction of sp³-hybridized carbons (Fsp3) is 0.667. The van der Waals surface area contributed by atoms with Crippen molar-refractivity contribution in [2.24, 2.45) is 5.92 Å². The van der Waals surface area contributed by atoms with Gasteiger partial charge in [0.25, 0.3) is 5.91 Å². The van der Waals surface area contributed by atoms with Crippen molar-refractivity contribution < 1.29 is 9.59 Å². The van der Waals surface area contributed by atoms with Crippen LogP contribution < -0.4 is 0 Å². The van der Waals surface area contributed by atoms with Crippen LogP contribution in [0.25, 0.3) is 0 Å². The summed E-state index contributed by atoms with van der Waals surface area (Å²) in [6, 6.07) is 2.15. The van der Waals surface area contributed by atoms with E-state index < -0.39 is 0 Å². The van der Waals surface area contributed by atoms with Crippen molar-refractivity contribution in [3.8, 4) is 0 Å². The molecule has 6 nitrogen and oxygen atoms in total. The van der Waals surface area contributed by atoms with Crippen LogP contribution >= 0.6 is 0 Å². The third-order valence-corrected chi connectivity index (χ3v) is 5.07. The average Bonchev–Trinajstić information content (AvgIpc) is 3.14. The second-order valence-corrected chi connectivity index (χ2v) is 7.18. The Morgan fingerprint density at radius 1 is 1.29 bits per heavy atom. The topological polar surface area (TPSA) is 66.4 Å². The molecular formula is C18H26N4O2. The highest BCUT2D eigenvalue weighted by atomic mass is 16.2. The number of aryl methyl sites for hydroxylation is 2. The van der Waals surface area contributed by atoms with E-state index in [0.29, 0.717) is 30.5 Å². The van der Waals surface area contributed by atoms with Gasteiger partial charge < -0.3 is 9.80 Å². The number of likely N-dealkylation sites (tertiary alicyclic amines) is 1. The lowest BCUT2D eigenvalue weighted by atomic mass is 10.1. The molecule has 0 radical (unpaired) electrons. The molecule has 1 aliphatic carbocycles. The maximum absolute atomic E-state index is 12.6. The first-order valence-electron chi connectivity index (χ1n) is 8.81. The molecular weight excluding hydrogens is 304 g/mol. The van der Waals surface area contributed by atoms with Gasteiger partial charge in [0.1, 0.15) is 11.5 Å². The fourth-order valence-corrected chi connectivity index (χ4v) is 3.99. The van der Waals surface area contributed by atoms with Gasteiger partial charge >= 0.3 is 0 Å². The van der Waals surface area contributed by atoms with Gasteiger partial charge in [-0.1, -0.05) is 12.8 Å². The Labute approximate surface area is 143 Å². The van der Waals surface area contributed by atoms with Gasteiger partial charge in [0, 0.05) is 44.2 Å². The Morgan fingerprint density at radius 3 is 2.67 bits per heavy atom. The fourth-order valence-electron chi connectivity index (χ4n) is 3.99. The normalized spacial score (nSPS) is 21.5. The maximum Gasteiger partial charge on any atom is 0.272 e. The highest BCUT2D eigenvalue weighted by Crippen LogP contribution is 2.29. The molecule has 0 spiro atoms. The second kappa shape index (κ2) is 6.87. The average molecular weight is 330 g/mol. The summed E-state index contributed by atoms with van der Waals surface area (Å²) in [6.45, 7) is 5.03. The molecule has 1 aromatic rings. The summed E-state index contributed by atoms with van der Waals surface area (Å²) in [4.78, 5) is 37.1. The summed E-state index contributed by atoms with van der Waals surface area (Å²) < 4.78 is 0. The second-order valence-electron chi connectivity index (χ2n) is 7.18. The zero-order valence-electron chi connectivity index (χ0n) is 14.8. The SMILES string of the molecule is Cc1cc(C(=O)N(C)C[C@H]2CC(=O)N(C3CCCC3)C2)nc(C)n1. The zero-order chi connectivity index (χ0) is 17.3. The van der Waals surface area contributed by atoms with E-state index in [1.807, 2.05) is 6.92 Å². The van der Waals surface area contributed by atoms with Gasteiger partial charge in [-0.25, -0.2) is 9.97 Å². The molecule has 0 aromatic carbocycles. The van der Waals surface area contributed by atoms with Crippen molar-refractivity contribution in [3.63, 3.8) is 0 Å². The van der Waals surface area contributed by atoms with Crippen molar-refractivity contribution in [3.05, 3.63) is 23.3 Å². The van der Waals surface area contributed by atoms with Crippen LogP contribution in [0.3, 0.4) is 0 Å². The first-order chi connectivity index (χ1) is 11.4. The quantitative estimate of drug-likeness (QED) is 0.846. The number of carbonyl (C=O) groups excluding carboxylic acids is 2. The highest BCUT2D eigenvalue weighted by Gasteiger charge is 2.36. The summed E-state index contributed by atoms with van der Waals surface area (Å²) in [5, 5.41) is 0. The number of aromatic nitrogens is 2. The molecule has 3 rings (SSSR count). The first kappa shape index (κ1) is 16.9. The number of nitrogens with zero attached hydrogens (tertiary/aromatic N) is 4. The lowest BCUT2D eigenvalue weighted by molar-refractivity contribution is -0.129. The van der Waals surface area contributed by atoms with Gasteiger partial charge in [-0.15, -0.1) is 0 Å². The van der Waals surface area contributed by atoms with Gasteiger partial charge in [0.15, 0.2) is 0 Å². The minimum Gasteiger partial charge on any atom is -0.340 e. The molecule has 1 aliphatic heterocycles. The molecule has 2 fully saturated rings. The molecule has 2 aliphatic rings. The van der Waals surface area contributed by atoms with Crippen LogP contribution in [0.1, 0.15) is 54.1 Å². The van der Waals surface area contributed by atoms with Crippen molar-refractivity contribution in [1.82, 2.24) is 19.8 Å². The summed E-state index contributed by atoms with van der Waals surface area (Å²) in [5.74, 6) is 0.975. The minimum atomic E-state index is -0.102. The van der Waals surface area contributed by atoms with Crippen molar-refractivity contribution in [2.45, 2.75) is 52.0 Å². The highest BCUT2D eigenvalue weighted by molar-refractivity contribution is 5.92. The molecule has 0 N–H and O–H groups in total. The maximum atomic E-state index is 12.6. The number of hydrogen-bond acceptors (Lipinski definition) is 4. The molecule has 1 saturated carbocycles. The first-order valence-corrected chi connectivity index (χ1v) is 8.81. The lowest BCUT2D eigenvalue weighted by Crippen LogP contribution is -2.36.